The van der Waals surface area contributed by atoms with Crippen LogP contribution < -0.4 is 5.19 Å². The van der Waals surface area contributed by atoms with Crippen molar-refractivity contribution < 1.29 is 0 Å². The first-order valence-corrected chi connectivity index (χ1v) is 9.91. The zero-order chi connectivity index (χ0) is 13.2. The monoisotopic (exact) mass is 316 g/mol. The van der Waals surface area contributed by atoms with Crippen LogP contribution in [-0.4, -0.2) is 8.07 Å². The molecule has 0 saturated carbocycles. The SMILES string of the molecule is C=C[Si](C)(C)c1ccccc1-c1ccccc1Br. The minimum Gasteiger partial charge on any atom is -0.107 e. The first-order chi connectivity index (χ1) is 8.56. The van der Waals surface area contributed by atoms with Gasteiger partial charge in [-0.1, -0.05) is 77.2 Å². The lowest BCUT2D eigenvalue weighted by Gasteiger charge is -2.22. The van der Waals surface area contributed by atoms with Crippen molar-refractivity contribution in [1.82, 2.24) is 0 Å². The lowest BCUT2D eigenvalue weighted by atomic mass is 10.1. The van der Waals surface area contributed by atoms with Gasteiger partial charge in [0.1, 0.15) is 8.07 Å². The Morgan fingerprint density at radius 3 is 2.11 bits per heavy atom. The molecule has 0 saturated heterocycles. The van der Waals surface area contributed by atoms with Gasteiger partial charge in [0, 0.05) is 4.47 Å². The van der Waals surface area contributed by atoms with Crippen LogP contribution in [0.3, 0.4) is 0 Å². The van der Waals surface area contributed by atoms with Crippen LogP contribution in [-0.2, 0) is 0 Å². The Labute approximate surface area is 119 Å². The number of hydrogen-bond donors (Lipinski definition) is 0. The van der Waals surface area contributed by atoms with Gasteiger partial charge in [0.2, 0.25) is 0 Å². The third kappa shape index (κ3) is 2.50. The summed E-state index contributed by atoms with van der Waals surface area (Å²) in [7, 11) is -1.56. The number of halogens is 1. The molecule has 0 radical (unpaired) electrons. The third-order valence-corrected chi connectivity index (χ3v) is 6.83. The average molecular weight is 317 g/mol. The summed E-state index contributed by atoms with van der Waals surface area (Å²) >= 11 is 3.65. The van der Waals surface area contributed by atoms with Crippen molar-refractivity contribution in [2.45, 2.75) is 13.1 Å². The van der Waals surface area contributed by atoms with Gasteiger partial charge >= 0.3 is 0 Å². The van der Waals surface area contributed by atoms with Crippen LogP contribution in [0, 0.1) is 0 Å². The molecule has 0 aliphatic heterocycles. The molecule has 0 heterocycles. The van der Waals surface area contributed by atoms with Crippen LogP contribution in [0.2, 0.25) is 13.1 Å². The third-order valence-electron chi connectivity index (χ3n) is 3.30. The van der Waals surface area contributed by atoms with Gasteiger partial charge in [-0.2, -0.15) is 0 Å². The lowest BCUT2D eigenvalue weighted by Crippen LogP contribution is -2.40. The molecule has 0 aromatic heterocycles. The molecule has 0 N–H and O–H groups in total. The average Bonchev–Trinajstić information content (AvgIpc) is 2.39. The fourth-order valence-corrected chi connectivity index (χ4v) is 4.23. The van der Waals surface area contributed by atoms with Gasteiger partial charge in [-0.15, -0.1) is 6.58 Å². The van der Waals surface area contributed by atoms with Crippen molar-refractivity contribution in [3.8, 4) is 11.1 Å². The van der Waals surface area contributed by atoms with E-state index in [-0.39, 0.29) is 0 Å². The van der Waals surface area contributed by atoms with Gasteiger partial charge in [-0.3, -0.25) is 0 Å². The van der Waals surface area contributed by atoms with Crippen LogP contribution in [0.4, 0.5) is 0 Å². The molecule has 0 nitrogen and oxygen atoms in total. The molecular formula is C16H17BrSi. The topological polar surface area (TPSA) is 0 Å². The Morgan fingerprint density at radius 1 is 0.944 bits per heavy atom. The summed E-state index contributed by atoms with van der Waals surface area (Å²) in [6.07, 6.45) is 0. The van der Waals surface area contributed by atoms with E-state index in [0.717, 1.165) is 4.47 Å². The molecule has 0 fully saturated rings. The minimum atomic E-state index is -1.56. The van der Waals surface area contributed by atoms with Gasteiger partial charge in [-0.05, 0) is 22.4 Å². The van der Waals surface area contributed by atoms with Crippen LogP contribution in [0.15, 0.2) is 65.3 Å². The summed E-state index contributed by atoms with van der Waals surface area (Å²) in [5.74, 6) is 0. The standard InChI is InChI=1S/C16H17BrSi/c1-4-18(2,3)16-12-8-6-10-14(16)13-9-5-7-11-15(13)17/h4-12H,1H2,2-3H3. The fourth-order valence-electron chi connectivity index (χ4n) is 2.07. The zero-order valence-electron chi connectivity index (χ0n) is 10.8. The smallest absolute Gasteiger partial charge is 0.104 e. The van der Waals surface area contributed by atoms with Crippen molar-refractivity contribution in [2.24, 2.45) is 0 Å². The van der Waals surface area contributed by atoms with Crippen LogP contribution >= 0.6 is 15.9 Å². The van der Waals surface area contributed by atoms with E-state index in [1.54, 1.807) is 0 Å². The second-order valence-corrected chi connectivity index (χ2v) is 10.2. The Hall–Kier alpha value is -1.12. The maximum Gasteiger partial charge on any atom is 0.104 e. The van der Waals surface area contributed by atoms with Crippen molar-refractivity contribution in [1.29, 1.82) is 0 Å². The molecule has 0 bridgehead atoms. The molecule has 2 aromatic rings. The summed E-state index contributed by atoms with van der Waals surface area (Å²) in [5.41, 5.74) is 4.72. The Balaban J connectivity index is 2.67. The van der Waals surface area contributed by atoms with E-state index in [1.165, 1.54) is 16.3 Å². The van der Waals surface area contributed by atoms with E-state index in [0.29, 0.717) is 0 Å². The highest BCUT2D eigenvalue weighted by molar-refractivity contribution is 9.10. The minimum absolute atomic E-state index is 1.14. The second kappa shape index (κ2) is 5.25. The molecule has 2 aromatic carbocycles. The predicted octanol–water partition coefficient (Wildman–Crippen LogP) is 4.76. The van der Waals surface area contributed by atoms with Gasteiger partial charge in [0.05, 0.1) is 0 Å². The van der Waals surface area contributed by atoms with Crippen LogP contribution in [0.1, 0.15) is 0 Å². The molecule has 0 aliphatic rings. The highest BCUT2D eigenvalue weighted by atomic mass is 79.9. The van der Waals surface area contributed by atoms with E-state index in [4.69, 9.17) is 0 Å². The zero-order valence-corrected chi connectivity index (χ0v) is 13.4. The van der Waals surface area contributed by atoms with Crippen molar-refractivity contribution >= 4 is 29.2 Å². The van der Waals surface area contributed by atoms with E-state index >= 15 is 0 Å². The van der Waals surface area contributed by atoms with Crippen LogP contribution in [0.25, 0.3) is 11.1 Å². The summed E-state index contributed by atoms with van der Waals surface area (Å²) in [4.78, 5) is 0. The Kier molecular flexibility index (Phi) is 3.88. The van der Waals surface area contributed by atoms with Gasteiger partial charge in [0.15, 0.2) is 0 Å². The number of rotatable bonds is 3. The summed E-state index contributed by atoms with van der Waals surface area (Å²) in [6, 6.07) is 17.0. The normalized spacial score (nSPS) is 11.3. The molecule has 0 atom stereocenters. The highest BCUT2D eigenvalue weighted by Crippen LogP contribution is 2.28. The second-order valence-electron chi connectivity index (χ2n) is 4.95. The van der Waals surface area contributed by atoms with Crippen LogP contribution in [0.5, 0.6) is 0 Å². The molecule has 0 unspecified atom stereocenters. The van der Waals surface area contributed by atoms with Gasteiger partial charge in [-0.25, -0.2) is 0 Å². The van der Waals surface area contributed by atoms with Gasteiger partial charge < -0.3 is 0 Å². The predicted molar refractivity (Wildman–Crippen MR) is 86.9 cm³/mol. The first-order valence-electron chi connectivity index (χ1n) is 6.04. The lowest BCUT2D eigenvalue weighted by molar-refractivity contribution is 1.59. The molecule has 92 valence electrons. The molecular weight excluding hydrogens is 300 g/mol. The summed E-state index contributed by atoms with van der Waals surface area (Å²) in [6.45, 7) is 8.67. The van der Waals surface area contributed by atoms with E-state index in [9.17, 15) is 0 Å². The highest BCUT2D eigenvalue weighted by Gasteiger charge is 2.23. The molecule has 2 heteroatoms. The van der Waals surface area contributed by atoms with Gasteiger partial charge in [0.25, 0.3) is 0 Å². The largest absolute Gasteiger partial charge is 0.107 e. The Bertz CT molecular complexity index is 573. The van der Waals surface area contributed by atoms with E-state index in [2.05, 4.69) is 83.8 Å². The van der Waals surface area contributed by atoms with E-state index < -0.39 is 8.07 Å². The maximum absolute atomic E-state index is 4.02. The van der Waals surface area contributed by atoms with Crippen molar-refractivity contribution in [3.05, 3.63) is 65.3 Å². The molecule has 0 aliphatic carbocycles. The molecule has 0 spiro atoms. The number of benzene rings is 2. The summed E-state index contributed by atoms with van der Waals surface area (Å²) < 4.78 is 1.14. The quantitative estimate of drug-likeness (QED) is 0.716. The van der Waals surface area contributed by atoms with Crippen molar-refractivity contribution in [3.63, 3.8) is 0 Å². The fraction of sp³-hybridized carbons (Fsp3) is 0.125. The number of hydrogen-bond acceptors (Lipinski definition) is 0. The van der Waals surface area contributed by atoms with E-state index in [1.807, 2.05) is 6.07 Å². The summed E-state index contributed by atoms with van der Waals surface area (Å²) in [5, 5.41) is 1.44. The van der Waals surface area contributed by atoms with Crippen molar-refractivity contribution in [2.75, 3.05) is 0 Å². The maximum atomic E-state index is 4.02. The molecule has 2 rings (SSSR count). The molecule has 0 amide bonds. The molecule has 18 heavy (non-hydrogen) atoms. The Morgan fingerprint density at radius 2 is 1.50 bits per heavy atom. The first kappa shape index (κ1) is 13.3.